The number of para-hydroxylation sites is 2. The SMILES string of the molecule is COc1ccccc1Oc1ccc(Cl)cc1NC(=O)CN(c1cccc(Cl)c1)S(=O)(=O)c1ccccc1. The van der Waals surface area contributed by atoms with E-state index in [1.165, 1.54) is 31.4 Å². The summed E-state index contributed by atoms with van der Waals surface area (Å²) in [6.07, 6.45) is 0. The highest BCUT2D eigenvalue weighted by Crippen LogP contribution is 2.36. The van der Waals surface area contributed by atoms with Crippen LogP contribution in [0.15, 0.2) is 102 Å². The lowest BCUT2D eigenvalue weighted by molar-refractivity contribution is -0.114. The van der Waals surface area contributed by atoms with Crippen molar-refractivity contribution >= 4 is 50.5 Å². The van der Waals surface area contributed by atoms with Crippen molar-refractivity contribution in [1.82, 2.24) is 0 Å². The number of nitrogens with one attached hydrogen (secondary N) is 1. The Morgan fingerprint density at radius 3 is 2.19 bits per heavy atom. The molecular formula is C27H22Cl2N2O5S. The van der Waals surface area contributed by atoms with Crippen molar-refractivity contribution in [2.24, 2.45) is 0 Å². The van der Waals surface area contributed by atoms with Crippen molar-refractivity contribution < 1.29 is 22.7 Å². The van der Waals surface area contributed by atoms with Gasteiger partial charge in [0.05, 0.1) is 23.4 Å². The van der Waals surface area contributed by atoms with Gasteiger partial charge in [-0.3, -0.25) is 9.10 Å². The van der Waals surface area contributed by atoms with Crippen LogP contribution in [0, 0.1) is 0 Å². The Labute approximate surface area is 225 Å². The summed E-state index contributed by atoms with van der Waals surface area (Å²) in [5.74, 6) is 0.597. The normalized spacial score (nSPS) is 11.0. The van der Waals surface area contributed by atoms with Gasteiger partial charge in [0.2, 0.25) is 5.91 Å². The van der Waals surface area contributed by atoms with Crippen LogP contribution in [0.2, 0.25) is 10.0 Å². The molecule has 37 heavy (non-hydrogen) atoms. The molecule has 4 aromatic rings. The van der Waals surface area contributed by atoms with Crippen LogP contribution in [-0.2, 0) is 14.8 Å². The molecule has 0 bridgehead atoms. The highest BCUT2D eigenvalue weighted by molar-refractivity contribution is 7.92. The number of hydrogen-bond donors (Lipinski definition) is 1. The topological polar surface area (TPSA) is 84.9 Å². The lowest BCUT2D eigenvalue weighted by Gasteiger charge is -2.24. The summed E-state index contributed by atoms with van der Waals surface area (Å²) in [5.41, 5.74) is 0.495. The molecule has 0 heterocycles. The molecule has 1 amide bonds. The van der Waals surface area contributed by atoms with Gasteiger partial charge in [0.1, 0.15) is 6.54 Å². The lowest BCUT2D eigenvalue weighted by Crippen LogP contribution is -2.38. The average molecular weight is 557 g/mol. The minimum absolute atomic E-state index is 0.0331. The third kappa shape index (κ3) is 6.35. The van der Waals surface area contributed by atoms with Crippen LogP contribution in [0.1, 0.15) is 0 Å². The van der Waals surface area contributed by atoms with E-state index in [-0.39, 0.29) is 16.3 Å². The zero-order chi connectivity index (χ0) is 26.4. The van der Waals surface area contributed by atoms with Gasteiger partial charge < -0.3 is 14.8 Å². The number of methoxy groups -OCH3 is 1. The quantitative estimate of drug-likeness (QED) is 0.250. The third-order valence-electron chi connectivity index (χ3n) is 5.22. The van der Waals surface area contributed by atoms with E-state index in [0.29, 0.717) is 27.3 Å². The van der Waals surface area contributed by atoms with E-state index in [1.807, 2.05) is 0 Å². The van der Waals surface area contributed by atoms with E-state index in [1.54, 1.807) is 72.8 Å². The smallest absolute Gasteiger partial charge is 0.264 e. The van der Waals surface area contributed by atoms with Gasteiger partial charge in [0, 0.05) is 10.0 Å². The second-order valence-corrected chi connectivity index (χ2v) is 10.5. The molecule has 7 nitrogen and oxygen atoms in total. The maximum atomic E-state index is 13.5. The Morgan fingerprint density at radius 2 is 1.49 bits per heavy atom. The number of ether oxygens (including phenoxy) is 2. The van der Waals surface area contributed by atoms with Gasteiger partial charge in [-0.15, -0.1) is 0 Å². The van der Waals surface area contributed by atoms with Crippen molar-refractivity contribution in [1.29, 1.82) is 0 Å². The number of amides is 1. The van der Waals surface area contributed by atoms with E-state index in [2.05, 4.69) is 5.32 Å². The second-order valence-electron chi connectivity index (χ2n) is 7.75. The van der Waals surface area contributed by atoms with Crippen molar-refractivity contribution in [2.45, 2.75) is 4.90 Å². The van der Waals surface area contributed by atoms with Crippen molar-refractivity contribution in [3.05, 3.63) is 107 Å². The number of anilines is 2. The Morgan fingerprint density at radius 1 is 0.811 bits per heavy atom. The summed E-state index contributed by atoms with van der Waals surface area (Å²) in [7, 11) is -2.58. The zero-order valence-electron chi connectivity index (χ0n) is 19.6. The second kappa shape index (κ2) is 11.6. The molecule has 0 fully saturated rings. The minimum Gasteiger partial charge on any atom is -0.493 e. The predicted molar refractivity (Wildman–Crippen MR) is 146 cm³/mol. The highest BCUT2D eigenvalue weighted by atomic mass is 35.5. The number of carbonyl (C=O) groups excluding carboxylic acids is 1. The molecule has 0 atom stereocenters. The largest absolute Gasteiger partial charge is 0.493 e. The summed E-state index contributed by atoms with van der Waals surface area (Å²) in [5, 5.41) is 3.40. The summed E-state index contributed by atoms with van der Waals surface area (Å²) in [6.45, 7) is -0.530. The molecule has 0 aliphatic heterocycles. The molecule has 0 aliphatic carbocycles. The molecule has 0 spiro atoms. The van der Waals surface area contributed by atoms with Crippen LogP contribution >= 0.6 is 23.2 Å². The van der Waals surface area contributed by atoms with Crippen molar-refractivity contribution in [3.8, 4) is 17.2 Å². The lowest BCUT2D eigenvalue weighted by atomic mass is 10.2. The van der Waals surface area contributed by atoms with Crippen LogP contribution in [0.25, 0.3) is 0 Å². The number of halogens is 2. The molecule has 0 saturated carbocycles. The van der Waals surface area contributed by atoms with Crippen LogP contribution in [0.5, 0.6) is 17.2 Å². The van der Waals surface area contributed by atoms with E-state index in [0.717, 1.165) is 4.31 Å². The van der Waals surface area contributed by atoms with Gasteiger partial charge in [0.15, 0.2) is 17.2 Å². The first-order valence-corrected chi connectivity index (χ1v) is 13.2. The molecule has 190 valence electrons. The summed E-state index contributed by atoms with van der Waals surface area (Å²) < 4.78 is 39.3. The third-order valence-corrected chi connectivity index (χ3v) is 7.48. The van der Waals surface area contributed by atoms with Gasteiger partial charge in [-0.1, -0.05) is 59.6 Å². The molecule has 0 radical (unpaired) electrons. The Bertz CT molecular complexity index is 1510. The number of hydrogen-bond acceptors (Lipinski definition) is 5. The maximum Gasteiger partial charge on any atom is 0.264 e. The fourth-order valence-corrected chi connectivity index (χ4v) is 5.29. The van der Waals surface area contributed by atoms with Crippen LogP contribution < -0.4 is 19.1 Å². The van der Waals surface area contributed by atoms with Crippen molar-refractivity contribution in [3.63, 3.8) is 0 Å². The minimum atomic E-state index is -4.09. The van der Waals surface area contributed by atoms with E-state index < -0.39 is 22.5 Å². The molecule has 4 rings (SSSR count). The first-order valence-electron chi connectivity index (χ1n) is 11.0. The first-order chi connectivity index (χ1) is 17.8. The molecule has 0 saturated heterocycles. The monoisotopic (exact) mass is 556 g/mol. The number of nitrogens with zero attached hydrogens (tertiary/aromatic N) is 1. The van der Waals surface area contributed by atoms with Gasteiger partial charge in [0.25, 0.3) is 10.0 Å². The van der Waals surface area contributed by atoms with Crippen LogP contribution in [0.3, 0.4) is 0 Å². The number of carbonyl (C=O) groups is 1. The molecule has 0 aromatic heterocycles. The maximum absolute atomic E-state index is 13.5. The van der Waals surface area contributed by atoms with E-state index in [9.17, 15) is 13.2 Å². The number of rotatable bonds is 9. The van der Waals surface area contributed by atoms with Crippen LogP contribution in [-0.4, -0.2) is 28.0 Å². The van der Waals surface area contributed by atoms with Gasteiger partial charge in [-0.2, -0.15) is 0 Å². The Hall–Kier alpha value is -3.72. The predicted octanol–water partition coefficient (Wildman–Crippen LogP) is 6.63. The van der Waals surface area contributed by atoms with E-state index >= 15 is 0 Å². The highest BCUT2D eigenvalue weighted by Gasteiger charge is 2.27. The Balaban J connectivity index is 1.65. The Kier molecular flexibility index (Phi) is 8.23. The molecule has 4 aromatic carbocycles. The zero-order valence-corrected chi connectivity index (χ0v) is 21.9. The molecule has 0 unspecified atom stereocenters. The summed E-state index contributed by atoms with van der Waals surface area (Å²) in [4.78, 5) is 13.3. The average Bonchev–Trinajstić information content (AvgIpc) is 2.89. The van der Waals surface area contributed by atoms with E-state index in [4.69, 9.17) is 32.7 Å². The van der Waals surface area contributed by atoms with Crippen molar-refractivity contribution in [2.75, 3.05) is 23.3 Å². The van der Waals surface area contributed by atoms with Gasteiger partial charge >= 0.3 is 0 Å². The summed E-state index contributed by atoms with van der Waals surface area (Å²) >= 11 is 12.3. The standard InChI is InChI=1S/C27H22Cl2N2O5S/c1-35-25-12-5-6-13-26(25)36-24-15-14-20(29)17-23(24)30-27(32)18-31(21-9-7-8-19(28)16-21)37(33,34)22-10-3-2-4-11-22/h2-17H,18H2,1H3,(H,30,32). The number of benzene rings is 4. The fourth-order valence-electron chi connectivity index (χ4n) is 3.50. The fraction of sp³-hybridized carbons (Fsp3) is 0.0741. The first kappa shape index (κ1) is 26.3. The number of sulfonamides is 1. The van der Waals surface area contributed by atoms with Crippen LogP contribution in [0.4, 0.5) is 11.4 Å². The molecule has 10 heteroatoms. The molecule has 1 N–H and O–H groups in total. The molecular weight excluding hydrogens is 535 g/mol. The van der Waals surface area contributed by atoms with Gasteiger partial charge in [-0.05, 0) is 60.7 Å². The van der Waals surface area contributed by atoms with Gasteiger partial charge in [-0.25, -0.2) is 8.42 Å². The summed E-state index contributed by atoms with van der Waals surface area (Å²) in [6, 6.07) is 25.9. The molecule has 0 aliphatic rings.